The third kappa shape index (κ3) is 8.20. The van der Waals surface area contributed by atoms with Crippen molar-refractivity contribution in [2.24, 2.45) is 17.8 Å². The number of hydrogen-bond acceptors (Lipinski definition) is 9. The van der Waals surface area contributed by atoms with Crippen LogP contribution in [-0.4, -0.2) is 102 Å². The maximum absolute atomic E-state index is 14.3. The van der Waals surface area contributed by atoms with Gasteiger partial charge in [-0.15, -0.1) is 0 Å². The molecule has 3 atom stereocenters. The molecule has 1 spiro atoms. The minimum atomic E-state index is -4.50. The highest BCUT2D eigenvalue weighted by Crippen LogP contribution is 2.46. The van der Waals surface area contributed by atoms with E-state index in [0.717, 1.165) is 0 Å². The van der Waals surface area contributed by atoms with Crippen molar-refractivity contribution in [3.05, 3.63) is 35.5 Å². The van der Waals surface area contributed by atoms with E-state index in [0.29, 0.717) is 49.7 Å². The minimum Gasteiger partial charge on any atom is -0.444 e. The van der Waals surface area contributed by atoms with Gasteiger partial charge in [-0.25, -0.2) is 23.1 Å². The number of fused-ring (bicyclic) bond motifs is 1. The number of aryl methyl sites for hydroxylation is 1. The number of nitrogens with zero attached hydrogens (tertiary/aromatic N) is 8. The van der Waals surface area contributed by atoms with Crippen molar-refractivity contribution in [3.63, 3.8) is 0 Å². The summed E-state index contributed by atoms with van der Waals surface area (Å²) < 4.78 is 78.7. The van der Waals surface area contributed by atoms with E-state index in [9.17, 15) is 36.3 Å². The number of alkyl halides is 5. The van der Waals surface area contributed by atoms with Crippen molar-refractivity contribution < 1.29 is 41.1 Å². The van der Waals surface area contributed by atoms with Crippen LogP contribution in [0.25, 0.3) is 5.78 Å². The normalized spacial score (nSPS) is 23.5. The first-order valence-electron chi connectivity index (χ1n) is 18.9. The zero-order valence-corrected chi connectivity index (χ0v) is 31.3. The lowest BCUT2D eigenvalue weighted by Gasteiger charge is -2.43. The van der Waals surface area contributed by atoms with Gasteiger partial charge in [-0.3, -0.25) is 19.2 Å². The van der Waals surface area contributed by atoms with Crippen LogP contribution in [-0.2, 0) is 22.5 Å². The van der Waals surface area contributed by atoms with E-state index in [4.69, 9.17) is 19.8 Å². The summed E-state index contributed by atoms with van der Waals surface area (Å²) in [5.41, 5.74) is -0.352. The standard InChI is InChI=1S/C36H47F5N10O4/c1-5-50-26(8-13-43-50)30(53)45-27(21-6-9-35(37,38)10-7-21)25-19-51-31(44-25)46-28(24(47-51)17-22-16-23(36(39,40)41)18-42-29(22)52)48-14-15-49(34(20-48)11-12-34)32(54)55-33(2,3)4/h8,13,19,21-23,27H,5-7,9-12,14-18,20H2,1-4H3,(H,42,52)(H,45,53)/t22-,23-,27+/m1/s1. The largest absolute Gasteiger partial charge is 0.444 e. The lowest BCUT2D eigenvalue weighted by Crippen LogP contribution is -2.58. The highest BCUT2D eigenvalue weighted by atomic mass is 19.4. The third-order valence-corrected chi connectivity index (χ3v) is 11.2. The molecular weight excluding hydrogens is 731 g/mol. The zero-order chi connectivity index (χ0) is 39.5. The van der Waals surface area contributed by atoms with Crippen molar-refractivity contribution in [1.29, 1.82) is 0 Å². The number of rotatable bonds is 8. The van der Waals surface area contributed by atoms with Gasteiger partial charge in [-0.2, -0.15) is 28.4 Å². The van der Waals surface area contributed by atoms with E-state index in [2.05, 4.69) is 15.7 Å². The van der Waals surface area contributed by atoms with Gasteiger partial charge in [0.2, 0.25) is 11.8 Å². The van der Waals surface area contributed by atoms with Crippen LogP contribution in [0.1, 0.15) is 101 Å². The number of aromatic nitrogens is 6. The Hall–Kier alpha value is -4.58. The van der Waals surface area contributed by atoms with Crippen LogP contribution in [0, 0.1) is 17.8 Å². The number of amides is 3. The predicted molar refractivity (Wildman–Crippen MR) is 187 cm³/mol. The van der Waals surface area contributed by atoms with Crippen molar-refractivity contribution >= 4 is 29.5 Å². The highest BCUT2D eigenvalue weighted by molar-refractivity contribution is 5.92. The second-order valence-corrected chi connectivity index (χ2v) is 16.4. The van der Waals surface area contributed by atoms with E-state index < -0.39 is 77.9 Å². The summed E-state index contributed by atoms with van der Waals surface area (Å²) in [5.74, 6) is -6.52. The van der Waals surface area contributed by atoms with Gasteiger partial charge in [0.1, 0.15) is 17.0 Å². The molecule has 3 aromatic heterocycles. The summed E-state index contributed by atoms with van der Waals surface area (Å²) in [6.45, 7) is 8.07. The molecule has 0 radical (unpaired) electrons. The van der Waals surface area contributed by atoms with Gasteiger partial charge in [0.25, 0.3) is 11.7 Å². The van der Waals surface area contributed by atoms with E-state index in [1.807, 2.05) is 11.8 Å². The summed E-state index contributed by atoms with van der Waals surface area (Å²) in [5, 5.41) is 14.4. The molecule has 7 rings (SSSR count). The molecule has 3 amide bonds. The Morgan fingerprint density at radius 3 is 2.47 bits per heavy atom. The first kappa shape index (κ1) is 38.7. The van der Waals surface area contributed by atoms with Crippen LogP contribution >= 0.6 is 0 Å². The molecule has 2 saturated heterocycles. The van der Waals surface area contributed by atoms with E-state index >= 15 is 0 Å². The number of anilines is 1. The molecule has 4 fully saturated rings. The number of carbonyl (C=O) groups is 3. The molecule has 2 saturated carbocycles. The maximum atomic E-state index is 14.3. The van der Waals surface area contributed by atoms with Crippen molar-refractivity contribution in [2.75, 3.05) is 31.1 Å². The first-order valence-corrected chi connectivity index (χ1v) is 18.9. The molecular formula is C36H47F5N10O4. The molecule has 300 valence electrons. The van der Waals surface area contributed by atoms with Gasteiger partial charge in [0.05, 0.1) is 29.4 Å². The summed E-state index contributed by atoms with van der Waals surface area (Å²) >= 11 is 0. The van der Waals surface area contributed by atoms with E-state index in [1.54, 1.807) is 37.9 Å². The van der Waals surface area contributed by atoms with Gasteiger partial charge in [0, 0.05) is 64.1 Å². The zero-order valence-electron chi connectivity index (χ0n) is 31.3. The maximum Gasteiger partial charge on any atom is 0.410 e. The van der Waals surface area contributed by atoms with Crippen LogP contribution in [0.5, 0.6) is 0 Å². The van der Waals surface area contributed by atoms with Gasteiger partial charge in [-0.05, 0) is 71.8 Å². The second kappa shape index (κ2) is 14.2. The van der Waals surface area contributed by atoms with Gasteiger partial charge < -0.3 is 20.3 Å². The van der Waals surface area contributed by atoms with E-state index in [1.165, 1.54) is 15.4 Å². The fourth-order valence-corrected chi connectivity index (χ4v) is 8.11. The van der Waals surface area contributed by atoms with Crippen molar-refractivity contribution in [2.45, 2.75) is 115 Å². The molecule has 55 heavy (non-hydrogen) atoms. The molecule has 2 aliphatic heterocycles. The fraction of sp³-hybridized carbons (Fsp3) is 0.694. The number of piperazine rings is 1. The molecule has 0 unspecified atom stereocenters. The molecule has 4 aliphatic rings. The van der Waals surface area contributed by atoms with Crippen LogP contribution in [0.4, 0.5) is 32.6 Å². The molecule has 3 aromatic rings. The lowest BCUT2D eigenvalue weighted by molar-refractivity contribution is -0.183. The molecule has 0 aromatic carbocycles. The number of ether oxygens (including phenoxy) is 1. The monoisotopic (exact) mass is 778 g/mol. The average Bonchev–Trinajstić information content (AvgIpc) is 3.49. The number of nitrogens with one attached hydrogen (secondary N) is 2. The summed E-state index contributed by atoms with van der Waals surface area (Å²) in [6.07, 6.45) is -1.51. The lowest BCUT2D eigenvalue weighted by atomic mass is 9.81. The fourth-order valence-electron chi connectivity index (χ4n) is 8.11. The third-order valence-electron chi connectivity index (χ3n) is 11.2. The Kier molecular flexibility index (Phi) is 9.97. The Balaban J connectivity index is 1.25. The minimum absolute atomic E-state index is 0.119. The number of piperidine rings is 1. The Labute approximate surface area is 314 Å². The average molecular weight is 779 g/mol. The summed E-state index contributed by atoms with van der Waals surface area (Å²) in [6, 6.07) is 0.763. The molecule has 14 nitrogen and oxygen atoms in total. The smallest absolute Gasteiger partial charge is 0.410 e. The molecule has 19 heteroatoms. The Bertz CT molecular complexity index is 1930. The van der Waals surface area contributed by atoms with Crippen LogP contribution in [0.3, 0.4) is 0 Å². The van der Waals surface area contributed by atoms with E-state index in [-0.39, 0.29) is 50.1 Å². The summed E-state index contributed by atoms with van der Waals surface area (Å²) in [7, 11) is 0. The molecule has 5 heterocycles. The van der Waals surface area contributed by atoms with Gasteiger partial charge in [-0.1, -0.05) is 0 Å². The summed E-state index contributed by atoms with van der Waals surface area (Å²) in [4.78, 5) is 53.1. The van der Waals surface area contributed by atoms with Crippen LogP contribution < -0.4 is 15.5 Å². The van der Waals surface area contributed by atoms with Crippen molar-refractivity contribution in [1.82, 2.24) is 44.9 Å². The molecule has 2 aliphatic carbocycles. The first-order chi connectivity index (χ1) is 25.8. The SMILES string of the molecule is CCn1nccc1C(=O)N[C@H](c1cn2nc(C[C@H]3C[C@@H](C(F)(F)F)CNC3=O)c(N3CCN(C(=O)OC(C)(C)C)C4(CC4)C3)nc2n1)C1CCC(F)(F)CC1. The number of imidazole rings is 1. The second-order valence-electron chi connectivity index (χ2n) is 16.4. The molecule has 0 bridgehead atoms. The van der Waals surface area contributed by atoms with Crippen LogP contribution in [0.15, 0.2) is 18.5 Å². The van der Waals surface area contributed by atoms with Gasteiger partial charge in [0.15, 0.2) is 5.82 Å². The topological polar surface area (TPSA) is 152 Å². The highest BCUT2D eigenvalue weighted by Gasteiger charge is 2.55. The quantitative estimate of drug-likeness (QED) is 0.298. The number of hydrogen-bond donors (Lipinski definition) is 2. The Morgan fingerprint density at radius 1 is 1.09 bits per heavy atom. The van der Waals surface area contributed by atoms with Crippen LogP contribution in [0.2, 0.25) is 0 Å². The van der Waals surface area contributed by atoms with Crippen molar-refractivity contribution in [3.8, 4) is 0 Å². The number of halogens is 5. The number of carbonyl (C=O) groups excluding carboxylic acids is 3. The Morgan fingerprint density at radius 2 is 1.82 bits per heavy atom. The predicted octanol–water partition coefficient (Wildman–Crippen LogP) is 5.08. The molecule has 2 N–H and O–H groups in total. The van der Waals surface area contributed by atoms with Gasteiger partial charge >= 0.3 is 12.3 Å².